The lowest BCUT2D eigenvalue weighted by atomic mass is 10.1. The summed E-state index contributed by atoms with van der Waals surface area (Å²) in [6.45, 7) is 3.96. The van der Waals surface area contributed by atoms with Gasteiger partial charge in [0.05, 0.1) is 12.4 Å². The van der Waals surface area contributed by atoms with Crippen molar-refractivity contribution in [2.24, 2.45) is 0 Å². The molecule has 142 valence electrons. The molecule has 0 radical (unpaired) electrons. The lowest BCUT2D eigenvalue weighted by molar-refractivity contribution is -0.0299. The lowest BCUT2D eigenvalue weighted by Gasteiger charge is -2.16. The molecule has 1 saturated heterocycles. The number of aliphatic hydroxyl groups is 2. The average molecular weight is 391 g/mol. The van der Waals surface area contributed by atoms with Gasteiger partial charge in [0.15, 0.2) is 17.4 Å². The van der Waals surface area contributed by atoms with Crippen molar-refractivity contribution in [3.8, 4) is 5.88 Å². The molecule has 0 spiro atoms. The van der Waals surface area contributed by atoms with Crippen molar-refractivity contribution in [2.75, 3.05) is 0 Å². The minimum atomic E-state index is -1.08. The molecule has 1 aliphatic heterocycles. The molecule has 0 saturated carbocycles. The maximum Gasteiger partial charge on any atom is 0.245 e. The van der Waals surface area contributed by atoms with Crippen LogP contribution in [-0.4, -0.2) is 48.0 Å². The number of rotatable bonds is 4. The second-order valence-electron chi connectivity index (χ2n) is 6.58. The normalized spacial score (nSPS) is 25.2. The van der Waals surface area contributed by atoms with Crippen LogP contribution >= 0.6 is 11.6 Å². The zero-order valence-electron chi connectivity index (χ0n) is 14.8. The van der Waals surface area contributed by atoms with Crippen molar-refractivity contribution in [1.29, 1.82) is 0 Å². The Balaban J connectivity index is 1.61. The van der Waals surface area contributed by atoms with Gasteiger partial charge in [0.1, 0.15) is 25.1 Å². The summed E-state index contributed by atoms with van der Waals surface area (Å²) in [5.74, 6) is 0.328. The summed E-state index contributed by atoms with van der Waals surface area (Å²) >= 11 is 5.99. The number of nitrogens with zero attached hydrogens (tertiary/aromatic N) is 4. The molecule has 1 fully saturated rings. The third-order valence-electron chi connectivity index (χ3n) is 4.75. The smallest absolute Gasteiger partial charge is 0.245 e. The summed E-state index contributed by atoms with van der Waals surface area (Å²) in [6, 6.07) is 5.58. The van der Waals surface area contributed by atoms with Crippen LogP contribution < -0.4 is 4.74 Å². The molecule has 0 unspecified atom stereocenters. The Bertz CT molecular complexity index is 979. The number of aliphatic hydroxyl groups excluding tert-OH is 2. The van der Waals surface area contributed by atoms with E-state index in [9.17, 15) is 10.2 Å². The fourth-order valence-corrected chi connectivity index (χ4v) is 3.37. The fourth-order valence-electron chi connectivity index (χ4n) is 3.15. The summed E-state index contributed by atoms with van der Waals surface area (Å²) in [5, 5.41) is 20.8. The van der Waals surface area contributed by atoms with Gasteiger partial charge in [0, 0.05) is 5.02 Å². The van der Waals surface area contributed by atoms with Crippen LogP contribution in [0.3, 0.4) is 0 Å². The highest BCUT2D eigenvalue weighted by atomic mass is 35.5. The fraction of sp³-hybridized carbons (Fsp3) is 0.389. The van der Waals surface area contributed by atoms with Crippen LogP contribution in [0.25, 0.3) is 11.2 Å². The van der Waals surface area contributed by atoms with Crippen LogP contribution in [0.5, 0.6) is 5.88 Å². The van der Waals surface area contributed by atoms with Crippen molar-refractivity contribution in [3.05, 3.63) is 47.0 Å². The summed E-state index contributed by atoms with van der Waals surface area (Å²) in [6.07, 6.45) is -0.454. The number of hydrogen-bond donors (Lipinski definition) is 2. The maximum absolute atomic E-state index is 10.2. The van der Waals surface area contributed by atoms with E-state index in [4.69, 9.17) is 21.1 Å². The molecule has 4 atom stereocenters. The molecule has 9 heteroatoms. The van der Waals surface area contributed by atoms with Gasteiger partial charge < -0.3 is 19.7 Å². The molecule has 0 bridgehead atoms. The van der Waals surface area contributed by atoms with E-state index in [1.165, 1.54) is 12.7 Å². The predicted molar refractivity (Wildman–Crippen MR) is 97.4 cm³/mol. The van der Waals surface area contributed by atoms with Crippen molar-refractivity contribution < 1.29 is 19.7 Å². The van der Waals surface area contributed by atoms with Crippen LogP contribution in [0, 0.1) is 6.92 Å². The zero-order chi connectivity index (χ0) is 19.1. The van der Waals surface area contributed by atoms with E-state index >= 15 is 0 Å². The molecule has 0 amide bonds. The van der Waals surface area contributed by atoms with E-state index in [1.807, 2.05) is 25.1 Å². The number of fused-ring (bicyclic) bond motifs is 1. The summed E-state index contributed by atoms with van der Waals surface area (Å²) in [5.41, 5.74) is 2.91. The molecule has 27 heavy (non-hydrogen) atoms. The summed E-state index contributed by atoms with van der Waals surface area (Å²) in [7, 11) is 0. The quantitative estimate of drug-likeness (QED) is 0.702. The van der Waals surface area contributed by atoms with Crippen LogP contribution in [0.1, 0.15) is 24.3 Å². The van der Waals surface area contributed by atoms with Crippen LogP contribution in [0.4, 0.5) is 0 Å². The summed E-state index contributed by atoms with van der Waals surface area (Å²) in [4.78, 5) is 12.7. The third-order valence-corrected chi connectivity index (χ3v) is 4.98. The van der Waals surface area contributed by atoms with Gasteiger partial charge >= 0.3 is 0 Å². The van der Waals surface area contributed by atoms with E-state index in [1.54, 1.807) is 11.5 Å². The van der Waals surface area contributed by atoms with E-state index in [0.29, 0.717) is 28.7 Å². The van der Waals surface area contributed by atoms with Gasteiger partial charge in [-0.3, -0.25) is 4.57 Å². The van der Waals surface area contributed by atoms with Gasteiger partial charge in [0.2, 0.25) is 5.88 Å². The number of benzene rings is 1. The standard InChI is InChI=1S/C18H19ClN4O4/c1-9-5-12(19)4-3-11(9)6-26-17-13-16(20-7-21-17)23(8-22-13)18-15(25)14(24)10(2)27-18/h3-5,7-8,10,14-15,18,24-25H,6H2,1-2H3/t10-,14-,15-,18-/m1/s1. The topological polar surface area (TPSA) is 103 Å². The first-order valence-electron chi connectivity index (χ1n) is 8.52. The average Bonchev–Trinajstić information content (AvgIpc) is 3.18. The number of aryl methyl sites for hydroxylation is 1. The molecular weight excluding hydrogens is 372 g/mol. The number of ether oxygens (including phenoxy) is 2. The Morgan fingerprint density at radius 2 is 2.04 bits per heavy atom. The molecule has 1 aliphatic rings. The van der Waals surface area contributed by atoms with Crippen molar-refractivity contribution in [3.63, 3.8) is 0 Å². The first kappa shape index (κ1) is 18.1. The van der Waals surface area contributed by atoms with Crippen molar-refractivity contribution in [2.45, 2.75) is 45.0 Å². The minimum absolute atomic E-state index is 0.306. The van der Waals surface area contributed by atoms with Crippen LogP contribution in [0.2, 0.25) is 5.02 Å². The Morgan fingerprint density at radius 3 is 2.74 bits per heavy atom. The molecule has 2 aromatic heterocycles. The lowest BCUT2D eigenvalue weighted by Crippen LogP contribution is -2.30. The highest BCUT2D eigenvalue weighted by molar-refractivity contribution is 6.30. The van der Waals surface area contributed by atoms with E-state index in [0.717, 1.165) is 11.1 Å². The van der Waals surface area contributed by atoms with E-state index < -0.39 is 24.5 Å². The third kappa shape index (κ3) is 3.25. The largest absolute Gasteiger partial charge is 0.471 e. The maximum atomic E-state index is 10.2. The first-order chi connectivity index (χ1) is 13.0. The molecule has 2 N–H and O–H groups in total. The van der Waals surface area contributed by atoms with Gasteiger partial charge in [-0.15, -0.1) is 0 Å². The van der Waals surface area contributed by atoms with E-state index in [-0.39, 0.29) is 0 Å². The highest BCUT2D eigenvalue weighted by Crippen LogP contribution is 2.32. The molecular formula is C18H19ClN4O4. The van der Waals surface area contributed by atoms with Crippen molar-refractivity contribution in [1.82, 2.24) is 19.5 Å². The van der Waals surface area contributed by atoms with Crippen molar-refractivity contribution >= 4 is 22.8 Å². The Labute approximate surface area is 160 Å². The second-order valence-corrected chi connectivity index (χ2v) is 7.01. The zero-order valence-corrected chi connectivity index (χ0v) is 15.5. The molecule has 4 rings (SSSR count). The van der Waals surface area contributed by atoms with Gasteiger partial charge in [-0.1, -0.05) is 17.7 Å². The SMILES string of the molecule is Cc1cc(Cl)ccc1COc1ncnc2c1ncn2[C@@H]1O[C@H](C)[C@@H](O)[C@H]1O. The monoisotopic (exact) mass is 390 g/mol. The molecule has 0 aliphatic carbocycles. The summed E-state index contributed by atoms with van der Waals surface area (Å²) < 4.78 is 13.1. The van der Waals surface area contributed by atoms with Gasteiger partial charge in [0.25, 0.3) is 0 Å². The second kappa shape index (κ2) is 7.05. The van der Waals surface area contributed by atoms with E-state index in [2.05, 4.69) is 15.0 Å². The van der Waals surface area contributed by atoms with Crippen LogP contribution in [-0.2, 0) is 11.3 Å². The van der Waals surface area contributed by atoms with Gasteiger partial charge in [-0.2, -0.15) is 4.98 Å². The van der Waals surface area contributed by atoms with Gasteiger partial charge in [-0.25, -0.2) is 9.97 Å². The number of hydrogen-bond acceptors (Lipinski definition) is 7. The number of aromatic nitrogens is 4. The molecule has 3 heterocycles. The Kier molecular flexibility index (Phi) is 4.73. The first-order valence-corrected chi connectivity index (χ1v) is 8.90. The molecule has 3 aromatic rings. The Morgan fingerprint density at radius 1 is 1.22 bits per heavy atom. The predicted octanol–water partition coefficient (Wildman–Crippen LogP) is 2.01. The molecule has 8 nitrogen and oxygen atoms in total. The Hall–Kier alpha value is -2.26. The highest BCUT2D eigenvalue weighted by Gasteiger charge is 2.42. The minimum Gasteiger partial charge on any atom is -0.471 e. The van der Waals surface area contributed by atoms with Gasteiger partial charge in [-0.05, 0) is 37.1 Å². The number of imidazole rings is 1. The number of halogens is 1. The van der Waals surface area contributed by atoms with Crippen LogP contribution in [0.15, 0.2) is 30.9 Å². The molecule has 1 aromatic carbocycles.